The Bertz CT molecular complexity index is 1010. The molecule has 1 aromatic heterocycles. The summed E-state index contributed by atoms with van der Waals surface area (Å²) in [7, 11) is 0. The quantitative estimate of drug-likeness (QED) is 0.683. The standard InChI is InChI=1S/C19H17ClN2O3/c1-11-6-18-16(9-17(11)20)13(7-19(24)25-18)10-21-14-4-3-5-15(8-14)22-12(2)23/h3-9,21H,10H2,1-2H3,(H,22,23). The minimum absolute atomic E-state index is 0.131. The largest absolute Gasteiger partial charge is 0.423 e. The fraction of sp³-hybridized carbons (Fsp3) is 0.158. The average Bonchev–Trinajstić information content (AvgIpc) is 2.54. The molecule has 3 aromatic rings. The van der Waals surface area contributed by atoms with Crippen LogP contribution >= 0.6 is 11.6 Å². The van der Waals surface area contributed by atoms with E-state index in [0.29, 0.717) is 22.8 Å². The van der Waals surface area contributed by atoms with Gasteiger partial charge in [-0.15, -0.1) is 0 Å². The Kier molecular flexibility index (Phi) is 4.76. The van der Waals surface area contributed by atoms with Gasteiger partial charge in [0.1, 0.15) is 5.58 Å². The van der Waals surface area contributed by atoms with Crippen molar-refractivity contribution in [1.29, 1.82) is 0 Å². The second kappa shape index (κ2) is 6.99. The molecule has 1 amide bonds. The molecule has 0 fully saturated rings. The molecule has 25 heavy (non-hydrogen) atoms. The lowest BCUT2D eigenvalue weighted by Gasteiger charge is -2.11. The van der Waals surface area contributed by atoms with Crippen molar-refractivity contribution < 1.29 is 9.21 Å². The highest BCUT2D eigenvalue weighted by molar-refractivity contribution is 6.32. The highest BCUT2D eigenvalue weighted by Crippen LogP contribution is 2.26. The van der Waals surface area contributed by atoms with Crippen molar-refractivity contribution in [1.82, 2.24) is 0 Å². The normalized spacial score (nSPS) is 10.7. The molecule has 0 aliphatic carbocycles. The van der Waals surface area contributed by atoms with Gasteiger partial charge in [0.2, 0.25) is 5.91 Å². The van der Waals surface area contributed by atoms with E-state index in [2.05, 4.69) is 10.6 Å². The molecule has 0 saturated heterocycles. The zero-order valence-corrected chi connectivity index (χ0v) is 14.6. The van der Waals surface area contributed by atoms with Gasteiger partial charge in [0.15, 0.2) is 0 Å². The molecule has 2 N–H and O–H groups in total. The summed E-state index contributed by atoms with van der Waals surface area (Å²) in [6.45, 7) is 3.74. The number of amides is 1. The summed E-state index contributed by atoms with van der Waals surface area (Å²) in [5.41, 5.74) is 3.28. The third-order valence-corrected chi connectivity index (χ3v) is 4.18. The van der Waals surface area contributed by atoms with E-state index < -0.39 is 5.63 Å². The van der Waals surface area contributed by atoms with Crippen LogP contribution in [-0.4, -0.2) is 5.91 Å². The molecule has 2 aromatic carbocycles. The number of aryl methyl sites for hydroxylation is 1. The zero-order valence-electron chi connectivity index (χ0n) is 13.9. The van der Waals surface area contributed by atoms with Crippen LogP contribution in [0.1, 0.15) is 18.1 Å². The lowest BCUT2D eigenvalue weighted by molar-refractivity contribution is -0.114. The van der Waals surface area contributed by atoms with Gasteiger partial charge in [-0.25, -0.2) is 4.79 Å². The molecule has 0 bridgehead atoms. The summed E-state index contributed by atoms with van der Waals surface area (Å²) in [6, 6.07) is 12.4. The van der Waals surface area contributed by atoms with Crippen LogP contribution in [0.5, 0.6) is 0 Å². The Morgan fingerprint density at radius 1 is 1.16 bits per heavy atom. The molecular weight excluding hydrogens is 340 g/mol. The van der Waals surface area contributed by atoms with Gasteiger partial charge in [0.25, 0.3) is 0 Å². The van der Waals surface area contributed by atoms with Crippen molar-refractivity contribution in [2.45, 2.75) is 20.4 Å². The van der Waals surface area contributed by atoms with Crippen LogP contribution in [0.25, 0.3) is 11.0 Å². The molecule has 6 heteroatoms. The van der Waals surface area contributed by atoms with E-state index in [1.54, 1.807) is 12.1 Å². The smallest absolute Gasteiger partial charge is 0.336 e. The summed E-state index contributed by atoms with van der Waals surface area (Å²) in [6.07, 6.45) is 0. The Hall–Kier alpha value is -2.79. The molecule has 0 aliphatic heterocycles. The Morgan fingerprint density at radius 2 is 1.92 bits per heavy atom. The van der Waals surface area contributed by atoms with E-state index in [-0.39, 0.29) is 5.91 Å². The van der Waals surface area contributed by atoms with E-state index >= 15 is 0 Å². The van der Waals surface area contributed by atoms with Crippen molar-refractivity contribution in [2.24, 2.45) is 0 Å². The van der Waals surface area contributed by atoms with E-state index in [1.165, 1.54) is 13.0 Å². The molecular formula is C19H17ClN2O3. The van der Waals surface area contributed by atoms with Crippen molar-refractivity contribution in [2.75, 3.05) is 10.6 Å². The number of carbonyl (C=O) groups is 1. The lowest BCUT2D eigenvalue weighted by Crippen LogP contribution is -2.08. The maximum atomic E-state index is 11.8. The summed E-state index contributed by atoms with van der Waals surface area (Å²) >= 11 is 6.21. The monoisotopic (exact) mass is 356 g/mol. The van der Waals surface area contributed by atoms with E-state index in [1.807, 2.05) is 31.2 Å². The van der Waals surface area contributed by atoms with E-state index in [0.717, 1.165) is 22.2 Å². The first-order chi connectivity index (χ1) is 11.9. The van der Waals surface area contributed by atoms with Gasteiger partial charge in [0, 0.05) is 41.3 Å². The zero-order chi connectivity index (χ0) is 18.0. The fourth-order valence-corrected chi connectivity index (χ4v) is 2.77. The predicted molar refractivity (Wildman–Crippen MR) is 100 cm³/mol. The Morgan fingerprint density at radius 3 is 2.68 bits per heavy atom. The van der Waals surface area contributed by atoms with Crippen LogP contribution in [0, 0.1) is 6.92 Å². The van der Waals surface area contributed by atoms with Gasteiger partial charge in [-0.1, -0.05) is 17.7 Å². The summed E-state index contributed by atoms with van der Waals surface area (Å²) < 4.78 is 5.26. The number of nitrogens with one attached hydrogen (secondary N) is 2. The summed E-state index contributed by atoms with van der Waals surface area (Å²) in [5.74, 6) is -0.131. The first kappa shape index (κ1) is 17.0. The van der Waals surface area contributed by atoms with E-state index in [4.69, 9.17) is 16.0 Å². The molecule has 3 rings (SSSR count). The maximum Gasteiger partial charge on any atom is 0.336 e. The van der Waals surface area contributed by atoms with Gasteiger partial charge in [-0.3, -0.25) is 4.79 Å². The predicted octanol–water partition coefficient (Wildman–Crippen LogP) is 4.33. The van der Waals surface area contributed by atoms with Crippen LogP contribution in [0.2, 0.25) is 5.02 Å². The fourth-order valence-electron chi connectivity index (χ4n) is 2.60. The van der Waals surface area contributed by atoms with Crippen LogP contribution in [-0.2, 0) is 11.3 Å². The average molecular weight is 357 g/mol. The van der Waals surface area contributed by atoms with Crippen molar-refractivity contribution >= 4 is 39.9 Å². The number of hydrogen-bond acceptors (Lipinski definition) is 4. The van der Waals surface area contributed by atoms with Crippen LogP contribution in [0.15, 0.2) is 51.7 Å². The number of fused-ring (bicyclic) bond motifs is 1. The number of benzene rings is 2. The molecule has 1 heterocycles. The van der Waals surface area contributed by atoms with Crippen molar-refractivity contribution in [3.63, 3.8) is 0 Å². The molecule has 0 spiro atoms. The highest BCUT2D eigenvalue weighted by atomic mass is 35.5. The third-order valence-electron chi connectivity index (χ3n) is 3.78. The molecule has 0 aliphatic rings. The first-order valence-corrected chi connectivity index (χ1v) is 8.14. The molecule has 5 nitrogen and oxygen atoms in total. The molecule has 128 valence electrons. The number of anilines is 2. The minimum Gasteiger partial charge on any atom is -0.423 e. The second-order valence-electron chi connectivity index (χ2n) is 5.80. The summed E-state index contributed by atoms with van der Waals surface area (Å²) in [5, 5.41) is 7.40. The van der Waals surface area contributed by atoms with Gasteiger partial charge in [-0.05, 0) is 48.4 Å². The van der Waals surface area contributed by atoms with Crippen molar-refractivity contribution in [3.8, 4) is 0 Å². The number of carbonyl (C=O) groups excluding carboxylic acids is 1. The van der Waals surface area contributed by atoms with Crippen molar-refractivity contribution in [3.05, 3.63) is 69.0 Å². The van der Waals surface area contributed by atoms with Gasteiger partial charge < -0.3 is 15.1 Å². The topological polar surface area (TPSA) is 71.3 Å². The van der Waals surface area contributed by atoms with E-state index in [9.17, 15) is 9.59 Å². The minimum atomic E-state index is -0.405. The molecule has 0 atom stereocenters. The number of hydrogen-bond donors (Lipinski definition) is 2. The Labute approximate surface area is 149 Å². The maximum absolute atomic E-state index is 11.8. The Balaban J connectivity index is 1.90. The SMILES string of the molecule is CC(=O)Nc1cccc(NCc2cc(=O)oc3cc(C)c(Cl)cc23)c1. The van der Waals surface area contributed by atoms with Crippen LogP contribution in [0.3, 0.4) is 0 Å². The van der Waals surface area contributed by atoms with Gasteiger partial charge >= 0.3 is 5.63 Å². The lowest BCUT2D eigenvalue weighted by atomic mass is 10.1. The molecule has 0 radical (unpaired) electrons. The number of rotatable bonds is 4. The molecule has 0 unspecified atom stereocenters. The van der Waals surface area contributed by atoms with Gasteiger partial charge in [0.05, 0.1) is 0 Å². The number of halogens is 1. The highest BCUT2D eigenvalue weighted by Gasteiger charge is 2.09. The molecule has 0 saturated carbocycles. The third kappa shape index (κ3) is 4.00. The first-order valence-electron chi connectivity index (χ1n) is 7.77. The van der Waals surface area contributed by atoms with Crippen LogP contribution in [0.4, 0.5) is 11.4 Å². The van der Waals surface area contributed by atoms with Gasteiger partial charge in [-0.2, -0.15) is 0 Å². The summed E-state index contributed by atoms with van der Waals surface area (Å²) in [4.78, 5) is 23.0. The second-order valence-corrected chi connectivity index (χ2v) is 6.21. The van der Waals surface area contributed by atoms with Crippen LogP contribution < -0.4 is 16.3 Å².